The van der Waals surface area contributed by atoms with E-state index in [1.165, 1.54) is 0 Å². The van der Waals surface area contributed by atoms with Gasteiger partial charge in [-0.25, -0.2) is 4.98 Å². The number of carbonyl (C=O) groups is 1. The quantitative estimate of drug-likeness (QED) is 0.883. The first-order valence-electron chi connectivity index (χ1n) is 8.19. The zero-order chi connectivity index (χ0) is 16.3. The largest absolute Gasteiger partial charge is 0.438 e. The summed E-state index contributed by atoms with van der Waals surface area (Å²) in [7, 11) is 0. The van der Waals surface area contributed by atoms with E-state index >= 15 is 0 Å². The number of oxazole rings is 1. The molecule has 1 fully saturated rings. The second-order valence-electron chi connectivity index (χ2n) is 6.34. The highest BCUT2D eigenvalue weighted by molar-refractivity contribution is 5.86. The summed E-state index contributed by atoms with van der Waals surface area (Å²) in [5.74, 6) is 1.09. The molecule has 1 saturated carbocycles. The maximum atomic E-state index is 12.5. The van der Waals surface area contributed by atoms with Crippen LogP contribution in [0.4, 0.5) is 0 Å². The minimum Gasteiger partial charge on any atom is -0.438 e. The number of rotatable bonds is 4. The van der Waals surface area contributed by atoms with Crippen molar-refractivity contribution in [2.24, 2.45) is 5.73 Å². The lowest BCUT2D eigenvalue weighted by atomic mass is 9.82. The molecule has 0 spiro atoms. The lowest BCUT2D eigenvalue weighted by Crippen LogP contribution is -2.55. The maximum absolute atomic E-state index is 12.5. The van der Waals surface area contributed by atoms with Gasteiger partial charge in [0, 0.05) is 5.56 Å². The summed E-state index contributed by atoms with van der Waals surface area (Å²) < 4.78 is 5.79. The lowest BCUT2D eigenvalue weighted by Gasteiger charge is -2.32. The van der Waals surface area contributed by atoms with Gasteiger partial charge in [0.25, 0.3) is 0 Å². The molecule has 3 N–H and O–H groups in total. The third-order valence-corrected chi connectivity index (χ3v) is 4.50. The van der Waals surface area contributed by atoms with Crippen LogP contribution in [0.3, 0.4) is 0 Å². The SMILES string of the molecule is CC(NC(=O)C1(N)CCCCC1)c1ncc(-c2ccccc2)o1.Cl. The van der Waals surface area contributed by atoms with Crippen LogP contribution in [-0.2, 0) is 4.79 Å². The Labute approximate surface area is 148 Å². The van der Waals surface area contributed by atoms with Gasteiger partial charge in [0.15, 0.2) is 5.76 Å². The third-order valence-electron chi connectivity index (χ3n) is 4.50. The van der Waals surface area contributed by atoms with Crippen LogP contribution in [0.15, 0.2) is 40.9 Å². The molecule has 1 atom stereocenters. The molecule has 1 aromatic carbocycles. The van der Waals surface area contributed by atoms with Gasteiger partial charge in [-0.05, 0) is 19.8 Å². The summed E-state index contributed by atoms with van der Waals surface area (Å²) >= 11 is 0. The smallest absolute Gasteiger partial charge is 0.240 e. The van der Waals surface area contributed by atoms with Crippen molar-refractivity contribution in [3.05, 3.63) is 42.4 Å². The van der Waals surface area contributed by atoms with Crippen LogP contribution in [0.5, 0.6) is 0 Å². The van der Waals surface area contributed by atoms with Crippen LogP contribution in [0.25, 0.3) is 11.3 Å². The molecule has 2 aromatic rings. The van der Waals surface area contributed by atoms with Crippen molar-refractivity contribution in [3.63, 3.8) is 0 Å². The molecule has 3 rings (SSSR count). The van der Waals surface area contributed by atoms with Crippen molar-refractivity contribution in [3.8, 4) is 11.3 Å². The van der Waals surface area contributed by atoms with E-state index in [0.717, 1.165) is 37.7 Å². The minimum atomic E-state index is -0.749. The number of nitrogens with two attached hydrogens (primary N) is 1. The normalized spacial score (nSPS) is 17.6. The highest BCUT2D eigenvalue weighted by Crippen LogP contribution is 2.27. The molecule has 0 saturated heterocycles. The van der Waals surface area contributed by atoms with Gasteiger partial charge >= 0.3 is 0 Å². The molecule has 1 aliphatic carbocycles. The van der Waals surface area contributed by atoms with E-state index in [-0.39, 0.29) is 24.4 Å². The van der Waals surface area contributed by atoms with Crippen molar-refractivity contribution in [2.75, 3.05) is 0 Å². The average molecular weight is 350 g/mol. The van der Waals surface area contributed by atoms with Gasteiger partial charge in [0.2, 0.25) is 11.8 Å². The van der Waals surface area contributed by atoms with E-state index < -0.39 is 5.54 Å². The molecule has 5 nitrogen and oxygen atoms in total. The Bertz CT molecular complexity index is 666. The van der Waals surface area contributed by atoms with Crippen LogP contribution in [0.2, 0.25) is 0 Å². The number of carbonyl (C=O) groups excluding carboxylic acids is 1. The van der Waals surface area contributed by atoms with Crippen LogP contribution >= 0.6 is 12.4 Å². The van der Waals surface area contributed by atoms with Crippen LogP contribution < -0.4 is 11.1 Å². The Morgan fingerprint density at radius 1 is 1.25 bits per heavy atom. The molecule has 6 heteroatoms. The predicted octanol–water partition coefficient (Wildman–Crippen LogP) is 3.60. The first-order valence-corrected chi connectivity index (χ1v) is 8.19. The summed E-state index contributed by atoms with van der Waals surface area (Å²) in [6, 6.07) is 9.47. The first-order chi connectivity index (χ1) is 11.1. The van der Waals surface area contributed by atoms with Gasteiger partial charge < -0.3 is 15.5 Å². The van der Waals surface area contributed by atoms with E-state index in [1.54, 1.807) is 6.20 Å². The van der Waals surface area contributed by atoms with E-state index in [9.17, 15) is 4.79 Å². The molecule has 1 heterocycles. The number of hydrogen-bond donors (Lipinski definition) is 2. The number of nitrogens with zero attached hydrogens (tertiary/aromatic N) is 1. The summed E-state index contributed by atoms with van der Waals surface area (Å²) in [6.07, 6.45) is 6.35. The van der Waals surface area contributed by atoms with Crippen molar-refractivity contribution < 1.29 is 9.21 Å². The van der Waals surface area contributed by atoms with Crippen LogP contribution in [0, 0.1) is 0 Å². The zero-order valence-corrected chi connectivity index (χ0v) is 14.6. The van der Waals surface area contributed by atoms with Crippen molar-refractivity contribution in [2.45, 2.75) is 50.6 Å². The van der Waals surface area contributed by atoms with Gasteiger partial charge in [-0.3, -0.25) is 4.79 Å². The van der Waals surface area contributed by atoms with Gasteiger partial charge in [0.1, 0.15) is 6.04 Å². The Morgan fingerprint density at radius 3 is 2.58 bits per heavy atom. The Kier molecular flexibility index (Phi) is 6.02. The minimum absolute atomic E-state index is 0. The Hall–Kier alpha value is -1.85. The topological polar surface area (TPSA) is 81.2 Å². The maximum Gasteiger partial charge on any atom is 0.240 e. The van der Waals surface area contributed by atoms with E-state index in [4.69, 9.17) is 10.2 Å². The molecule has 130 valence electrons. The number of nitrogens with one attached hydrogen (secondary N) is 1. The molecular weight excluding hydrogens is 326 g/mol. The molecule has 24 heavy (non-hydrogen) atoms. The van der Waals surface area contributed by atoms with Crippen LogP contribution in [-0.4, -0.2) is 16.4 Å². The van der Waals surface area contributed by atoms with Gasteiger partial charge in [-0.1, -0.05) is 49.6 Å². The molecule has 0 radical (unpaired) electrons. The van der Waals surface area contributed by atoms with Gasteiger partial charge in [-0.2, -0.15) is 0 Å². The fourth-order valence-corrected chi connectivity index (χ4v) is 3.04. The molecule has 0 aliphatic heterocycles. The zero-order valence-electron chi connectivity index (χ0n) is 13.8. The fourth-order valence-electron chi connectivity index (χ4n) is 3.04. The number of aromatic nitrogens is 1. The third kappa shape index (κ3) is 3.97. The number of benzene rings is 1. The monoisotopic (exact) mass is 349 g/mol. The summed E-state index contributed by atoms with van der Waals surface area (Å²) in [5, 5.41) is 2.95. The van der Waals surface area contributed by atoms with Gasteiger partial charge in [0.05, 0.1) is 11.7 Å². The summed E-state index contributed by atoms with van der Waals surface area (Å²) in [6.45, 7) is 1.87. The highest BCUT2D eigenvalue weighted by Gasteiger charge is 2.36. The molecular formula is C18H24ClN3O2. The van der Waals surface area contributed by atoms with Gasteiger partial charge in [-0.15, -0.1) is 12.4 Å². The first kappa shape index (κ1) is 18.5. The van der Waals surface area contributed by atoms with E-state index in [2.05, 4.69) is 10.3 Å². The van der Waals surface area contributed by atoms with Crippen molar-refractivity contribution in [1.29, 1.82) is 0 Å². The number of amides is 1. The summed E-state index contributed by atoms with van der Waals surface area (Å²) in [5.41, 5.74) is 6.48. The second kappa shape index (κ2) is 7.81. The van der Waals surface area contributed by atoms with E-state index in [1.807, 2.05) is 37.3 Å². The second-order valence-corrected chi connectivity index (χ2v) is 6.34. The number of hydrogen-bond acceptors (Lipinski definition) is 4. The molecule has 0 bridgehead atoms. The van der Waals surface area contributed by atoms with Crippen molar-refractivity contribution in [1.82, 2.24) is 10.3 Å². The molecule has 1 unspecified atom stereocenters. The van der Waals surface area contributed by atoms with Crippen molar-refractivity contribution >= 4 is 18.3 Å². The Morgan fingerprint density at radius 2 is 1.92 bits per heavy atom. The standard InChI is InChI=1S/C18H23N3O2.ClH/c1-13(21-17(22)18(19)10-6-3-7-11-18)16-20-12-15(23-16)14-8-4-2-5-9-14;/h2,4-5,8-9,12-13H,3,6-7,10-11,19H2,1H3,(H,21,22);1H. The highest BCUT2D eigenvalue weighted by atomic mass is 35.5. The predicted molar refractivity (Wildman–Crippen MR) is 95.7 cm³/mol. The average Bonchev–Trinajstić information content (AvgIpc) is 3.06. The molecule has 1 amide bonds. The fraction of sp³-hybridized carbons (Fsp3) is 0.444. The van der Waals surface area contributed by atoms with E-state index in [0.29, 0.717) is 11.7 Å². The Balaban J connectivity index is 0.00000208. The molecule has 1 aromatic heterocycles. The lowest BCUT2D eigenvalue weighted by molar-refractivity contribution is -0.128. The number of halogens is 1. The summed E-state index contributed by atoms with van der Waals surface area (Å²) in [4.78, 5) is 16.8. The van der Waals surface area contributed by atoms with Crippen LogP contribution in [0.1, 0.15) is 51.0 Å². The molecule has 1 aliphatic rings.